The van der Waals surface area contributed by atoms with E-state index in [4.69, 9.17) is 4.74 Å². The molecular weight excluding hydrogens is 267 g/mol. The van der Waals surface area contributed by atoms with E-state index in [-0.39, 0.29) is 17.2 Å². The van der Waals surface area contributed by atoms with Gasteiger partial charge < -0.3 is 4.74 Å². The lowest BCUT2D eigenvalue weighted by molar-refractivity contribution is -0.0128. The molecule has 2 aliphatic rings. The fourth-order valence-electron chi connectivity index (χ4n) is 3.76. The monoisotopic (exact) mass is 290 g/mol. The van der Waals surface area contributed by atoms with E-state index < -0.39 is 0 Å². The fraction of sp³-hybridized carbons (Fsp3) is 0.611. The zero-order valence-corrected chi connectivity index (χ0v) is 13.0. The van der Waals surface area contributed by atoms with Crippen LogP contribution in [-0.4, -0.2) is 11.4 Å². The standard InChI is InChI=1S/C18H23FO2/c1-17(2,3)12-6-8-18(9-7-12)11-15(20)14-10-13(19)4-5-16(14)21-18/h4-5,10,12H,6-9,11H2,1-3H3. The van der Waals surface area contributed by atoms with Crippen LogP contribution in [0, 0.1) is 17.2 Å². The molecule has 21 heavy (non-hydrogen) atoms. The summed E-state index contributed by atoms with van der Waals surface area (Å²) in [5.74, 6) is 0.876. The third-order valence-electron chi connectivity index (χ3n) is 5.17. The maximum Gasteiger partial charge on any atom is 0.170 e. The van der Waals surface area contributed by atoms with Crippen LogP contribution >= 0.6 is 0 Å². The molecule has 1 aliphatic carbocycles. The molecule has 0 amide bonds. The van der Waals surface area contributed by atoms with Crippen LogP contribution < -0.4 is 4.74 Å². The lowest BCUT2D eigenvalue weighted by Gasteiger charge is -2.45. The first-order chi connectivity index (χ1) is 9.79. The van der Waals surface area contributed by atoms with Crippen molar-refractivity contribution in [3.63, 3.8) is 0 Å². The van der Waals surface area contributed by atoms with E-state index in [0.29, 0.717) is 29.1 Å². The molecule has 114 valence electrons. The quantitative estimate of drug-likeness (QED) is 0.688. The van der Waals surface area contributed by atoms with Crippen molar-refractivity contribution in [2.75, 3.05) is 0 Å². The molecule has 0 saturated heterocycles. The van der Waals surface area contributed by atoms with Gasteiger partial charge in [0.15, 0.2) is 5.78 Å². The van der Waals surface area contributed by atoms with Gasteiger partial charge in [-0.05, 0) is 55.2 Å². The molecule has 0 atom stereocenters. The normalized spacial score (nSPS) is 29.1. The van der Waals surface area contributed by atoms with E-state index in [9.17, 15) is 9.18 Å². The second kappa shape index (κ2) is 4.82. The van der Waals surface area contributed by atoms with Crippen molar-refractivity contribution in [2.45, 2.75) is 58.5 Å². The molecule has 1 spiro atoms. The molecule has 0 unspecified atom stereocenters. The summed E-state index contributed by atoms with van der Waals surface area (Å²) in [6.45, 7) is 6.84. The molecular formula is C18H23FO2. The van der Waals surface area contributed by atoms with Gasteiger partial charge in [-0.1, -0.05) is 20.8 Å². The highest BCUT2D eigenvalue weighted by Gasteiger charge is 2.45. The van der Waals surface area contributed by atoms with Gasteiger partial charge in [0, 0.05) is 0 Å². The lowest BCUT2D eigenvalue weighted by Crippen LogP contribution is -2.46. The highest BCUT2D eigenvalue weighted by atomic mass is 19.1. The molecule has 0 N–H and O–H groups in total. The van der Waals surface area contributed by atoms with E-state index in [1.165, 1.54) is 12.1 Å². The Labute approximate surface area is 125 Å². The maximum absolute atomic E-state index is 13.3. The zero-order valence-electron chi connectivity index (χ0n) is 13.0. The molecule has 1 saturated carbocycles. The maximum atomic E-state index is 13.3. The van der Waals surface area contributed by atoms with Crippen LogP contribution in [0.2, 0.25) is 0 Å². The van der Waals surface area contributed by atoms with Crippen molar-refractivity contribution < 1.29 is 13.9 Å². The number of carbonyl (C=O) groups is 1. The summed E-state index contributed by atoms with van der Waals surface area (Å²) in [4.78, 5) is 12.3. The lowest BCUT2D eigenvalue weighted by atomic mass is 9.66. The smallest absolute Gasteiger partial charge is 0.170 e. The summed E-state index contributed by atoms with van der Waals surface area (Å²) in [5.41, 5.74) is 0.351. The molecule has 0 bridgehead atoms. The van der Waals surface area contributed by atoms with Crippen molar-refractivity contribution in [1.29, 1.82) is 0 Å². The summed E-state index contributed by atoms with van der Waals surface area (Å²) in [7, 11) is 0. The summed E-state index contributed by atoms with van der Waals surface area (Å²) >= 11 is 0. The van der Waals surface area contributed by atoms with E-state index in [1.54, 1.807) is 6.07 Å². The zero-order chi connectivity index (χ0) is 15.3. The first kappa shape index (κ1) is 14.6. The predicted octanol–water partition coefficient (Wildman–Crippen LogP) is 4.77. The van der Waals surface area contributed by atoms with Gasteiger partial charge in [-0.3, -0.25) is 4.79 Å². The second-order valence-corrected chi connectivity index (χ2v) is 7.67. The number of fused-ring (bicyclic) bond motifs is 1. The highest BCUT2D eigenvalue weighted by molar-refractivity contribution is 6.00. The Kier molecular flexibility index (Phi) is 3.34. The van der Waals surface area contributed by atoms with Gasteiger partial charge >= 0.3 is 0 Å². The second-order valence-electron chi connectivity index (χ2n) is 7.67. The molecule has 1 fully saturated rings. The van der Waals surface area contributed by atoms with Gasteiger partial charge in [-0.2, -0.15) is 0 Å². The Hall–Kier alpha value is -1.38. The molecule has 3 heteroatoms. The Morgan fingerprint density at radius 1 is 1.24 bits per heavy atom. The number of hydrogen-bond donors (Lipinski definition) is 0. The van der Waals surface area contributed by atoms with Gasteiger partial charge in [0.1, 0.15) is 17.2 Å². The van der Waals surface area contributed by atoms with E-state index in [1.807, 2.05) is 0 Å². The van der Waals surface area contributed by atoms with Crippen LogP contribution in [0.4, 0.5) is 4.39 Å². The third kappa shape index (κ3) is 2.70. The molecule has 1 heterocycles. The first-order valence-electron chi connectivity index (χ1n) is 7.81. The average molecular weight is 290 g/mol. The minimum Gasteiger partial charge on any atom is -0.486 e. The molecule has 0 aromatic heterocycles. The number of hydrogen-bond acceptors (Lipinski definition) is 2. The number of halogens is 1. The van der Waals surface area contributed by atoms with Crippen LogP contribution in [0.25, 0.3) is 0 Å². The molecule has 1 aliphatic heterocycles. The van der Waals surface area contributed by atoms with Crippen LogP contribution in [0.1, 0.15) is 63.2 Å². The van der Waals surface area contributed by atoms with Gasteiger partial charge in [0.05, 0.1) is 12.0 Å². The Bertz CT molecular complexity index is 563. The Balaban J connectivity index is 1.80. The highest BCUT2D eigenvalue weighted by Crippen LogP contribution is 2.47. The molecule has 1 aromatic carbocycles. The average Bonchev–Trinajstić information content (AvgIpc) is 2.39. The molecule has 0 radical (unpaired) electrons. The van der Waals surface area contributed by atoms with Crippen molar-refractivity contribution in [3.8, 4) is 5.75 Å². The van der Waals surface area contributed by atoms with Crippen LogP contribution in [0.3, 0.4) is 0 Å². The van der Waals surface area contributed by atoms with Crippen molar-refractivity contribution in [3.05, 3.63) is 29.6 Å². The van der Waals surface area contributed by atoms with Crippen LogP contribution in [0.5, 0.6) is 5.75 Å². The first-order valence-corrected chi connectivity index (χ1v) is 7.81. The van der Waals surface area contributed by atoms with Crippen LogP contribution in [-0.2, 0) is 0 Å². The van der Waals surface area contributed by atoms with E-state index in [0.717, 1.165) is 25.7 Å². The fourth-order valence-corrected chi connectivity index (χ4v) is 3.76. The van der Waals surface area contributed by atoms with Gasteiger partial charge in [0.2, 0.25) is 0 Å². The van der Waals surface area contributed by atoms with Crippen LogP contribution in [0.15, 0.2) is 18.2 Å². The van der Waals surface area contributed by atoms with Crippen molar-refractivity contribution >= 4 is 5.78 Å². The number of carbonyl (C=O) groups excluding carboxylic acids is 1. The third-order valence-corrected chi connectivity index (χ3v) is 5.17. The SMILES string of the molecule is CC(C)(C)C1CCC2(CC1)CC(=O)c1cc(F)ccc1O2. The number of Topliss-reactive ketones (excluding diaryl/α,β-unsaturated/α-hetero) is 1. The largest absolute Gasteiger partial charge is 0.486 e. The molecule has 2 nitrogen and oxygen atoms in total. The van der Waals surface area contributed by atoms with Gasteiger partial charge in [-0.15, -0.1) is 0 Å². The molecule has 3 rings (SSSR count). The van der Waals surface area contributed by atoms with E-state index >= 15 is 0 Å². The number of ketones is 1. The van der Waals surface area contributed by atoms with Crippen molar-refractivity contribution in [1.82, 2.24) is 0 Å². The summed E-state index contributed by atoms with van der Waals surface area (Å²) in [6, 6.07) is 4.26. The topological polar surface area (TPSA) is 26.3 Å². The predicted molar refractivity (Wildman–Crippen MR) is 80.1 cm³/mol. The van der Waals surface area contributed by atoms with Crippen molar-refractivity contribution in [2.24, 2.45) is 11.3 Å². The molecule has 1 aromatic rings. The van der Waals surface area contributed by atoms with Gasteiger partial charge in [0.25, 0.3) is 0 Å². The Morgan fingerprint density at radius 3 is 2.52 bits per heavy atom. The number of ether oxygens (including phenoxy) is 1. The van der Waals surface area contributed by atoms with E-state index in [2.05, 4.69) is 20.8 Å². The number of benzene rings is 1. The summed E-state index contributed by atoms with van der Waals surface area (Å²) in [5, 5.41) is 0. The number of rotatable bonds is 0. The summed E-state index contributed by atoms with van der Waals surface area (Å²) in [6.07, 6.45) is 4.40. The minimum absolute atomic E-state index is 0.0185. The summed E-state index contributed by atoms with van der Waals surface area (Å²) < 4.78 is 19.4. The minimum atomic E-state index is -0.377. The Morgan fingerprint density at radius 2 is 1.90 bits per heavy atom. The van der Waals surface area contributed by atoms with Gasteiger partial charge in [-0.25, -0.2) is 4.39 Å².